The van der Waals surface area contributed by atoms with Gasteiger partial charge in [0, 0.05) is 56.1 Å². The molecule has 1 aliphatic carbocycles. The van der Waals surface area contributed by atoms with Crippen LogP contribution in [0.3, 0.4) is 0 Å². The van der Waals surface area contributed by atoms with Crippen molar-refractivity contribution in [2.75, 3.05) is 16.3 Å². The van der Waals surface area contributed by atoms with Crippen LogP contribution in [0.25, 0.3) is 16.3 Å². The quantitative estimate of drug-likeness (QED) is 0.162. The van der Waals surface area contributed by atoms with Crippen molar-refractivity contribution in [3.63, 3.8) is 0 Å². The normalized spacial score (nSPS) is 16.1. The molecule has 0 saturated carbocycles. The van der Waals surface area contributed by atoms with Gasteiger partial charge in [-0.1, -0.05) is 94.9 Å². The average Bonchev–Trinajstić information content (AvgIpc) is 3.71. The molecule has 218 valence electrons. The molecule has 7 rings (SSSR count). The first-order valence-corrected chi connectivity index (χ1v) is 17.1. The average molecular weight is 652 g/mol. The van der Waals surface area contributed by atoms with E-state index < -0.39 is 0 Å². The lowest BCUT2D eigenvalue weighted by molar-refractivity contribution is -0.665. The number of rotatable bonds is 7. The van der Waals surface area contributed by atoms with Crippen LogP contribution in [0.4, 0.5) is 17.1 Å². The van der Waals surface area contributed by atoms with Gasteiger partial charge in [-0.3, -0.25) is 0 Å². The SMILES string of the molecule is CCN1C(=CC2=C(N(c3ccccc3)c3ccccc3)C(=Cc3sc4ccc(Cl)cc4[n+]3CC)C=C2)Sc2ccc(Cl)cc21. The second-order valence-electron chi connectivity index (χ2n) is 10.5. The number of halogens is 2. The van der Waals surface area contributed by atoms with Crippen LogP contribution in [0.1, 0.15) is 18.9 Å². The van der Waals surface area contributed by atoms with Crippen molar-refractivity contribution in [1.29, 1.82) is 0 Å². The minimum Gasteiger partial charge on any atom is -0.335 e. The summed E-state index contributed by atoms with van der Waals surface area (Å²) in [6.45, 7) is 6.08. The molecule has 44 heavy (non-hydrogen) atoms. The number of thioether (sulfide) groups is 1. The topological polar surface area (TPSA) is 10.4 Å². The van der Waals surface area contributed by atoms with Crippen LogP contribution in [-0.2, 0) is 6.54 Å². The summed E-state index contributed by atoms with van der Waals surface area (Å²) in [5.41, 5.74) is 7.96. The lowest BCUT2D eigenvalue weighted by atomic mass is 10.1. The number of aryl methyl sites for hydroxylation is 1. The molecule has 7 heteroatoms. The predicted octanol–water partition coefficient (Wildman–Crippen LogP) is 11.0. The summed E-state index contributed by atoms with van der Waals surface area (Å²) < 4.78 is 3.57. The summed E-state index contributed by atoms with van der Waals surface area (Å²) in [5.74, 6) is 0. The summed E-state index contributed by atoms with van der Waals surface area (Å²) >= 11 is 16.4. The number of thiazole rings is 1. The summed E-state index contributed by atoms with van der Waals surface area (Å²) in [4.78, 5) is 5.94. The van der Waals surface area contributed by atoms with Gasteiger partial charge in [-0.25, -0.2) is 0 Å². The van der Waals surface area contributed by atoms with Crippen molar-refractivity contribution in [3.05, 3.63) is 152 Å². The number of hydrogen-bond donors (Lipinski definition) is 0. The van der Waals surface area contributed by atoms with Gasteiger partial charge in [0.1, 0.15) is 11.2 Å². The zero-order valence-electron chi connectivity index (χ0n) is 24.4. The van der Waals surface area contributed by atoms with Crippen molar-refractivity contribution in [1.82, 2.24) is 0 Å². The molecular formula is C37H30Cl2N3S2+. The molecule has 0 saturated heterocycles. The predicted molar refractivity (Wildman–Crippen MR) is 190 cm³/mol. The Morgan fingerprint density at radius 3 is 2.16 bits per heavy atom. The van der Waals surface area contributed by atoms with Crippen molar-refractivity contribution in [3.8, 4) is 0 Å². The molecule has 3 nitrogen and oxygen atoms in total. The van der Waals surface area contributed by atoms with Gasteiger partial charge in [0.05, 0.1) is 16.4 Å². The van der Waals surface area contributed by atoms with E-state index in [1.807, 2.05) is 12.1 Å². The van der Waals surface area contributed by atoms with E-state index in [0.29, 0.717) is 0 Å². The molecule has 0 atom stereocenters. The fourth-order valence-corrected chi connectivity index (χ4v) is 8.49. The van der Waals surface area contributed by atoms with Gasteiger partial charge < -0.3 is 9.80 Å². The highest BCUT2D eigenvalue weighted by atomic mass is 35.5. The molecule has 0 N–H and O–H groups in total. The standard InChI is InChI=1S/C37H30Cl2N3S2/c1-3-40-31-23-27(38)17-19-33(31)43-35(40)21-25-15-16-26(22-36-41(4-2)32-24-28(39)18-20-34(32)44-36)37(25)42(29-11-7-5-8-12-29)30-13-9-6-10-14-30/h5-24H,3-4H2,1-2H3/q+1. The van der Waals surface area contributed by atoms with Crippen LogP contribution < -0.4 is 14.4 Å². The second-order valence-corrected chi connectivity index (χ2v) is 13.5. The van der Waals surface area contributed by atoms with Crippen LogP contribution in [0, 0.1) is 0 Å². The lowest BCUT2D eigenvalue weighted by Crippen LogP contribution is -2.33. The van der Waals surface area contributed by atoms with E-state index in [0.717, 1.165) is 62.6 Å². The van der Waals surface area contributed by atoms with E-state index in [1.54, 1.807) is 23.1 Å². The van der Waals surface area contributed by atoms with Crippen molar-refractivity contribution in [2.24, 2.45) is 0 Å². The minimum atomic E-state index is 0.753. The van der Waals surface area contributed by atoms with Crippen LogP contribution in [-0.4, -0.2) is 6.54 Å². The van der Waals surface area contributed by atoms with Gasteiger partial charge in [-0.15, -0.1) is 0 Å². The van der Waals surface area contributed by atoms with Gasteiger partial charge in [0.25, 0.3) is 5.01 Å². The molecule has 2 aliphatic rings. The van der Waals surface area contributed by atoms with Crippen molar-refractivity contribution < 1.29 is 4.57 Å². The van der Waals surface area contributed by atoms with Crippen LogP contribution in [0.2, 0.25) is 10.0 Å². The molecule has 0 bridgehead atoms. The number of anilines is 3. The van der Waals surface area contributed by atoms with Crippen LogP contribution in [0.15, 0.2) is 142 Å². The number of hydrogen-bond acceptors (Lipinski definition) is 4. The van der Waals surface area contributed by atoms with Crippen LogP contribution >= 0.6 is 46.3 Å². The molecular weight excluding hydrogens is 621 g/mol. The summed E-state index contributed by atoms with van der Waals surface area (Å²) in [5, 5.41) is 3.87. The van der Waals surface area contributed by atoms with Crippen molar-refractivity contribution in [2.45, 2.75) is 25.3 Å². The molecule has 0 spiro atoms. The largest absolute Gasteiger partial charge is 0.335 e. The molecule has 0 unspecified atom stereocenters. The van der Waals surface area contributed by atoms with Gasteiger partial charge in [-0.2, -0.15) is 4.57 Å². The molecule has 0 amide bonds. The highest BCUT2D eigenvalue weighted by molar-refractivity contribution is 8.03. The summed E-state index contributed by atoms with van der Waals surface area (Å²) in [6, 6.07) is 33.5. The second kappa shape index (κ2) is 12.3. The van der Waals surface area contributed by atoms with Gasteiger partial charge in [-0.05, 0) is 74.5 Å². The Morgan fingerprint density at radius 2 is 1.48 bits per heavy atom. The van der Waals surface area contributed by atoms with E-state index in [4.69, 9.17) is 23.2 Å². The Bertz CT molecular complexity index is 1950. The molecule has 5 aromatic rings. The fraction of sp³-hybridized carbons (Fsp3) is 0.108. The van der Waals surface area contributed by atoms with Gasteiger partial charge >= 0.3 is 0 Å². The third kappa shape index (κ3) is 5.39. The molecule has 1 aromatic heterocycles. The number of fused-ring (bicyclic) bond motifs is 2. The highest BCUT2D eigenvalue weighted by Gasteiger charge is 2.29. The van der Waals surface area contributed by atoms with E-state index in [-0.39, 0.29) is 0 Å². The molecule has 0 radical (unpaired) electrons. The lowest BCUT2D eigenvalue weighted by Gasteiger charge is -2.28. The zero-order valence-corrected chi connectivity index (χ0v) is 27.5. The van der Waals surface area contributed by atoms with E-state index >= 15 is 0 Å². The van der Waals surface area contributed by atoms with Crippen LogP contribution in [0.5, 0.6) is 0 Å². The van der Waals surface area contributed by atoms with E-state index in [2.05, 4.69) is 137 Å². The highest BCUT2D eigenvalue weighted by Crippen LogP contribution is 2.48. The molecule has 2 heterocycles. The Hall–Kier alpha value is -3.74. The number of allylic oxidation sites excluding steroid dienone is 4. The molecule has 1 aliphatic heterocycles. The third-order valence-electron chi connectivity index (χ3n) is 7.82. The smallest absolute Gasteiger partial charge is 0.263 e. The van der Waals surface area contributed by atoms with E-state index in [9.17, 15) is 0 Å². The number of para-hydroxylation sites is 2. The van der Waals surface area contributed by atoms with Gasteiger partial charge in [0.15, 0.2) is 0 Å². The summed E-state index contributed by atoms with van der Waals surface area (Å²) in [7, 11) is 0. The maximum absolute atomic E-state index is 6.42. The maximum Gasteiger partial charge on any atom is 0.263 e. The third-order valence-corrected chi connectivity index (χ3v) is 10.5. The maximum atomic E-state index is 6.42. The van der Waals surface area contributed by atoms with Gasteiger partial charge in [0.2, 0.25) is 5.52 Å². The Morgan fingerprint density at radius 1 is 0.795 bits per heavy atom. The fourth-order valence-electron chi connectivity index (χ4n) is 5.84. The summed E-state index contributed by atoms with van der Waals surface area (Å²) in [6.07, 6.45) is 9.15. The number of nitrogens with zero attached hydrogens (tertiary/aromatic N) is 3. The first kappa shape index (κ1) is 29.0. The Balaban J connectivity index is 1.44. The Labute approximate surface area is 276 Å². The molecule has 4 aromatic carbocycles. The van der Waals surface area contributed by atoms with Crippen molar-refractivity contribution >= 4 is 79.7 Å². The van der Waals surface area contributed by atoms with E-state index in [1.165, 1.54) is 19.6 Å². The minimum absolute atomic E-state index is 0.753. The molecule has 0 fully saturated rings. The first-order valence-electron chi connectivity index (χ1n) is 14.7. The monoisotopic (exact) mass is 650 g/mol. The Kier molecular flexibility index (Phi) is 8.13. The first-order chi connectivity index (χ1) is 21.5. The zero-order chi connectivity index (χ0) is 30.2. The number of benzene rings is 4. The number of aromatic nitrogens is 1.